The second-order valence-electron chi connectivity index (χ2n) is 6.98. The summed E-state index contributed by atoms with van der Waals surface area (Å²) in [6.07, 6.45) is 15.3. The number of allylic oxidation sites excluding steroid dienone is 4. The van der Waals surface area contributed by atoms with Gasteiger partial charge in [0, 0.05) is 50.4 Å². The van der Waals surface area contributed by atoms with Crippen LogP contribution in [-0.4, -0.2) is 70.8 Å². The molecule has 1 aromatic rings. The number of nitrogens with one attached hydrogen (secondary N) is 2. The lowest BCUT2D eigenvalue weighted by Gasteiger charge is -2.09. The highest BCUT2D eigenvalue weighted by Gasteiger charge is 2.04. The molecule has 29 heavy (non-hydrogen) atoms. The Kier molecular flexibility index (Phi) is 9.20. The summed E-state index contributed by atoms with van der Waals surface area (Å²) in [5, 5.41) is 6.66. The molecular formula is C23H30N6. The van der Waals surface area contributed by atoms with Gasteiger partial charge < -0.3 is 5.32 Å². The summed E-state index contributed by atoms with van der Waals surface area (Å²) in [6, 6.07) is 8.24. The van der Waals surface area contributed by atoms with E-state index < -0.39 is 0 Å². The molecule has 1 unspecified atom stereocenters. The van der Waals surface area contributed by atoms with Crippen LogP contribution in [0.1, 0.15) is 17.5 Å². The normalized spacial score (nSPS) is 21.7. The molecule has 0 spiro atoms. The SMILES string of the molecule is C1=CC2C=NCCNCCN=Cc3ccc(cc3)C=NCNCCN=CC1=CC2. The summed E-state index contributed by atoms with van der Waals surface area (Å²) < 4.78 is 0. The molecule has 4 heterocycles. The van der Waals surface area contributed by atoms with Crippen LogP contribution in [0.4, 0.5) is 0 Å². The van der Waals surface area contributed by atoms with Gasteiger partial charge >= 0.3 is 0 Å². The fraction of sp³-hybridized carbons (Fsp3) is 0.391. The summed E-state index contributed by atoms with van der Waals surface area (Å²) >= 11 is 0. The molecular weight excluding hydrogens is 360 g/mol. The van der Waals surface area contributed by atoms with E-state index in [1.807, 2.05) is 18.6 Å². The van der Waals surface area contributed by atoms with Gasteiger partial charge in [0.2, 0.25) is 0 Å². The molecule has 1 aliphatic carbocycles. The molecule has 2 N–H and O–H groups in total. The molecule has 6 rings (SSSR count). The zero-order valence-corrected chi connectivity index (χ0v) is 16.9. The Morgan fingerprint density at radius 3 is 2.10 bits per heavy atom. The average Bonchev–Trinajstić information content (AvgIpc) is 2.76. The van der Waals surface area contributed by atoms with Crippen molar-refractivity contribution in [3.63, 3.8) is 0 Å². The molecule has 0 radical (unpaired) electrons. The Balaban J connectivity index is 1.54. The van der Waals surface area contributed by atoms with Crippen molar-refractivity contribution in [2.24, 2.45) is 25.9 Å². The van der Waals surface area contributed by atoms with Crippen molar-refractivity contribution in [1.29, 1.82) is 0 Å². The lowest BCUT2D eigenvalue weighted by molar-refractivity contribution is 0.697. The van der Waals surface area contributed by atoms with Crippen LogP contribution in [0.3, 0.4) is 0 Å². The first-order valence-corrected chi connectivity index (χ1v) is 10.3. The van der Waals surface area contributed by atoms with Crippen molar-refractivity contribution >= 4 is 24.9 Å². The number of hydrogen-bond acceptors (Lipinski definition) is 6. The summed E-state index contributed by atoms with van der Waals surface area (Å²) in [7, 11) is 0. The maximum Gasteiger partial charge on any atom is 0.0885 e. The van der Waals surface area contributed by atoms with Gasteiger partial charge in [0.1, 0.15) is 0 Å². The van der Waals surface area contributed by atoms with E-state index in [1.165, 1.54) is 5.57 Å². The van der Waals surface area contributed by atoms with E-state index in [-0.39, 0.29) is 0 Å². The second kappa shape index (κ2) is 12.7. The minimum atomic E-state index is 0.386. The quantitative estimate of drug-likeness (QED) is 0.713. The van der Waals surface area contributed by atoms with E-state index >= 15 is 0 Å². The molecule has 6 heteroatoms. The van der Waals surface area contributed by atoms with Gasteiger partial charge in [-0.25, -0.2) is 0 Å². The predicted octanol–water partition coefficient (Wildman–Crippen LogP) is 2.32. The lowest BCUT2D eigenvalue weighted by atomic mass is 9.98. The van der Waals surface area contributed by atoms with Crippen molar-refractivity contribution < 1.29 is 0 Å². The maximum atomic E-state index is 4.54. The zero-order chi connectivity index (χ0) is 20.0. The first-order chi connectivity index (χ1) is 14.4. The van der Waals surface area contributed by atoms with Crippen LogP contribution in [0.2, 0.25) is 0 Å². The summed E-state index contributed by atoms with van der Waals surface area (Å²) in [5.74, 6) is 0.386. The van der Waals surface area contributed by atoms with Crippen LogP contribution in [0.25, 0.3) is 0 Å². The summed E-state index contributed by atoms with van der Waals surface area (Å²) in [6.45, 7) is 5.43. The largest absolute Gasteiger partial charge is 0.313 e. The highest BCUT2D eigenvalue weighted by atomic mass is 15.0. The topological polar surface area (TPSA) is 73.5 Å². The van der Waals surface area contributed by atoms with Gasteiger partial charge in [0.15, 0.2) is 0 Å². The minimum Gasteiger partial charge on any atom is -0.313 e. The van der Waals surface area contributed by atoms with Gasteiger partial charge in [0.05, 0.1) is 26.3 Å². The van der Waals surface area contributed by atoms with Gasteiger partial charge in [-0.1, -0.05) is 42.5 Å². The van der Waals surface area contributed by atoms with E-state index in [9.17, 15) is 0 Å². The Bertz CT molecular complexity index is 786. The molecule has 5 aliphatic rings. The van der Waals surface area contributed by atoms with Crippen molar-refractivity contribution in [3.8, 4) is 0 Å². The van der Waals surface area contributed by atoms with Crippen molar-refractivity contribution in [2.45, 2.75) is 6.42 Å². The number of hydrogen-bond donors (Lipinski definition) is 2. The van der Waals surface area contributed by atoms with E-state index in [4.69, 9.17) is 0 Å². The molecule has 1 atom stereocenters. The number of aliphatic imine (C=N–C) groups is 4. The van der Waals surface area contributed by atoms with Crippen molar-refractivity contribution in [2.75, 3.05) is 45.9 Å². The summed E-state index contributed by atoms with van der Waals surface area (Å²) in [5.41, 5.74) is 3.36. The van der Waals surface area contributed by atoms with Crippen LogP contribution < -0.4 is 10.6 Å². The Labute approximate surface area is 173 Å². The Morgan fingerprint density at radius 1 is 0.724 bits per heavy atom. The second-order valence-corrected chi connectivity index (χ2v) is 6.98. The number of rotatable bonds is 0. The van der Waals surface area contributed by atoms with Crippen LogP contribution in [0, 0.1) is 5.92 Å². The van der Waals surface area contributed by atoms with Crippen LogP contribution in [0.5, 0.6) is 0 Å². The van der Waals surface area contributed by atoms with Gasteiger partial charge in [-0.2, -0.15) is 0 Å². The minimum absolute atomic E-state index is 0.386. The van der Waals surface area contributed by atoms with Gasteiger partial charge in [-0.05, 0) is 23.1 Å². The van der Waals surface area contributed by atoms with E-state index in [0.717, 1.165) is 56.8 Å². The molecule has 0 saturated heterocycles. The lowest BCUT2D eigenvalue weighted by Crippen LogP contribution is -2.21. The first kappa shape index (κ1) is 21.0. The fourth-order valence-corrected chi connectivity index (χ4v) is 2.93. The molecule has 6 nitrogen and oxygen atoms in total. The highest BCUT2D eigenvalue weighted by molar-refractivity contribution is 5.84. The number of benzene rings is 1. The standard InChI is InChI=1S/C23H30N6/c1-3-21-4-2-20(1)15-25-11-9-24-10-12-26-16-22-5-7-23(8-6-22)18-29-19-28-14-13-27-17-21/h1,3-8,15-18,20,24,28H,2,9-14,19H2. The Hall–Kier alpha value is -2.70. The van der Waals surface area contributed by atoms with Crippen molar-refractivity contribution in [3.05, 3.63) is 59.2 Å². The number of nitrogens with zero attached hydrogens (tertiary/aromatic N) is 4. The average molecular weight is 391 g/mol. The molecule has 0 fully saturated rings. The van der Waals surface area contributed by atoms with Crippen molar-refractivity contribution in [1.82, 2.24) is 10.6 Å². The molecule has 0 aromatic heterocycles. The first-order valence-electron chi connectivity index (χ1n) is 10.3. The maximum absolute atomic E-state index is 4.54. The third-order valence-electron chi connectivity index (χ3n) is 4.57. The highest BCUT2D eigenvalue weighted by Crippen LogP contribution is 2.13. The molecule has 0 amide bonds. The third kappa shape index (κ3) is 8.46. The molecule has 152 valence electrons. The summed E-state index contributed by atoms with van der Waals surface area (Å²) in [4.78, 5) is 17.9. The van der Waals surface area contributed by atoms with Crippen LogP contribution >= 0.6 is 0 Å². The van der Waals surface area contributed by atoms with E-state index in [0.29, 0.717) is 12.6 Å². The monoisotopic (exact) mass is 390 g/mol. The molecule has 0 saturated carbocycles. The third-order valence-corrected chi connectivity index (χ3v) is 4.57. The molecule has 4 aliphatic heterocycles. The fourth-order valence-electron chi connectivity index (χ4n) is 2.93. The molecule has 4 bridgehead atoms. The van der Waals surface area contributed by atoms with Gasteiger partial charge in [-0.15, -0.1) is 0 Å². The zero-order valence-electron chi connectivity index (χ0n) is 16.9. The van der Waals surface area contributed by atoms with Crippen LogP contribution in [-0.2, 0) is 0 Å². The van der Waals surface area contributed by atoms with Gasteiger partial charge in [0.25, 0.3) is 0 Å². The Morgan fingerprint density at radius 2 is 1.38 bits per heavy atom. The van der Waals surface area contributed by atoms with E-state index in [1.54, 1.807) is 0 Å². The van der Waals surface area contributed by atoms with Gasteiger partial charge in [-0.3, -0.25) is 25.3 Å². The van der Waals surface area contributed by atoms with Crippen LogP contribution in [0.15, 0.2) is 68.0 Å². The smallest absolute Gasteiger partial charge is 0.0885 e. The molecule has 1 aromatic carbocycles. The van der Waals surface area contributed by atoms with E-state index in [2.05, 4.69) is 79.3 Å². The predicted molar refractivity (Wildman–Crippen MR) is 124 cm³/mol.